The standard InChI is InChI=1S/C22H30I.C20H26I/c1-7-21(3,4)17-9-13-19(14-10-17)23-20-15-11-18(12-16-20)22(5,6)8-2;1-19(2,3)15-7-11-17(12-8-15)21-18-13-9-16(10-14-18)20(4,5)6/h9-16H,7-8H2,1-6H3;7-14H,1-6H3/q2*+1. The van der Waals surface area contributed by atoms with Crippen molar-refractivity contribution in [3.05, 3.63) is 134 Å². The summed E-state index contributed by atoms with van der Waals surface area (Å²) in [5.41, 5.74) is 6.78. The van der Waals surface area contributed by atoms with Crippen LogP contribution in [0, 0.1) is 14.3 Å². The van der Waals surface area contributed by atoms with Crippen molar-refractivity contribution in [2.75, 3.05) is 0 Å². The Morgan fingerprint density at radius 1 is 0.341 bits per heavy atom. The van der Waals surface area contributed by atoms with Crippen LogP contribution >= 0.6 is 0 Å². The summed E-state index contributed by atoms with van der Waals surface area (Å²) in [5, 5.41) is 0. The van der Waals surface area contributed by atoms with Crippen molar-refractivity contribution < 1.29 is 42.4 Å². The van der Waals surface area contributed by atoms with Crippen LogP contribution in [0.5, 0.6) is 0 Å². The first-order valence-corrected chi connectivity index (χ1v) is 20.5. The molecule has 0 aliphatic rings. The molecule has 4 rings (SSSR count). The molecule has 0 bridgehead atoms. The molecule has 236 valence electrons. The Morgan fingerprint density at radius 3 is 0.727 bits per heavy atom. The molecule has 0 heterocycles. The zero-order chi connectivity index (χ0) is 32.8. The van der Waals surface area contributed by atoms with E-state index < -0.39 is 0 Å². The van der Waals surface area contributed by atoms with Gasteiger partial charge in [-0.2, -0.15) is 0 Å². The van der Waals surface area contributed by atoms with Crippen LogP contribution in [0.15, 0.2) is 97.1 Å². The van der Waals surface area contributed by atoms with Crippen LogP contribution in [-0.4, -0.2) is 0 Å². The van der Waals surface area contributed by atoms with Crippen molar-refractivity contribution >= 4 is 0 Å². The summed E-state index contributed by atoms with van der Waals surface area (Å²) >= 11 is -0.150. The molecule has 0 saturated heterocycles. The minimum atomic E-state index is -0.0793. The third-order valence-corrected chi connectivity index (χ3v) is 14.2. The zero-order valence-corrected chi connectivity index (χ0v) is 33.7. The van der Waals surface area contributed by atoms with Gasteiger partial charge in [0.1, 0.15) is 0 Å². The SMILES string of the molecule is CC(C)(C)c1ccc([I+]c2ccc(C(C)(C)C)cc2)cc1.CCC(C)(C)c1ccc([I+]c2ccc(C(C)(C)CC)cc2)cc1. The molecule has 0 aliphatic carbocycles. The Balaban J connectivity index is 0.000000241. The van der Waals surface area contributed by atoms with Gasteiger partial charge in [0.2, 0.25) is 0 Å². The van der Waals surface area contributed by atoms with Crippen molar-refractivity contribution in [3.8, 4) is 0 Å². The average molecular weight is 815 g/mol. The Hall–Kier alpha value is -1.66. The lowest BCUT2D eigenvalue weighted by Crippen LogP contribution is -3.61. The summed E-state index contributed by atoms with van der Waals surface area (Å²) < 4.78 is 5.99. The molecule has 0 radical (unpaired) electrons. The molecule has 4 aromatic carbocycles. The lowest BCUT2D eigenvalue weighted by Gasteiger charge is -2.23. The van der Waals surface area contributed by atoms with Gasteiger partial charge in [-0.15, -0.1) is 0 Å². The Labute approximate surface area is 291 Å². The Bertz CT molecular complexity index is 1310. The van der Waals surface area contributed by atoms with E-state index in [-0.39, 0.29) is 64.1 Å². The Kier molecular flexibility index (Phi) is 12.8. The second kappa shape index (κ2) is 15.3. The van der Waals surface area contributed by atoms with Gasteiger partial charge in [-0.1, -0.05) is 132 Å². The highest BCUT2D eigenvalue weighted by Crippen LogP contribution is 2.27. The number of benzene rings is 4. The first-order valence-electron chi connectivity index (χ1n) is 16.2. The zero-order valence-electron chi connectivity index (χ0n) is 29.4. The van der Waals surface area contributed by atoms with Crippen molar-refractivity contribution in [2.24, 2.45) is 0 Å². The van der Waals surface area contributed by atoms with E-state index in [2.05, 4.69) is 180 Å². The van der Waals surface area contributed by atoms with Crippen LogP contribution in [0.25, 0.3) is 0 Å². The van der Waals surface area contributed by atoms with E-state index >= 15 is 0 Å². The fraction of sp³-hybridized carbons (Fsp3) is 0.429. The smallest absolute Gasteiger partial charge is 0.0646 e. The normalized spacial score (nSPS) is 12.5. The van der Waals surface area contributed by atoms with E-state index in [9.17, 15) is 0 Å². The van der Waals surface area contributed by atoms with Crippen LogP contribution in [0.1, 0.15) is 118 Å². The third kappa shape index (κ3) is 10.7. The van der Waals surface area contributed by atoms with E-state index in [1.807, 2.05) is 0 Å². The highest BCUT2D eigenvalue weighted by atomic mass is 127. The van der Waals surface area contributed by atoms with Gasteiger partial charge in [0, 0.05) is 0 Å². The molecule has 0 N–H and O–H groups in total. The summed E-state index contributed by atoms with van der Waals surface area (Å²) in [6.07, 6.45) is 2.35. The van der Waals surface area contributed by atoms with Gasteiger partial charge < -0.3 is 0 Å². The maximum absolute atomic E-state index is 2.34. The lowest BCUT2D eigenvalue weighted by molar-refractivity contribution is -0.597. The quantitative estimate of drug-likeness (QED) is 0.204. The first kappa shape index (κ1) is 36.8. The topological polar surface area (TPSA) is 0 Å². The lowest BCUT2D eigenvalue weighted by atomic mass is 9.82. The van der Waals surface area contributed by atoms with Crippen molar-refractivity contribution in [1.29, 1.82) is 0 Å². The molecule has 0 nitrogen and oxygen atoms in total. The summed E-state index contributed by atoms with van der Waals surface area (Å²) in [6, 6.07) is 37.1. The molecule has 0 amide bonds. The molecular weight excluding hydrogens is 758 g/mol. The Morgan fingerprint density at radius 2 is 0.545 bits per heavy atom. The van der Waals surface area contributed by atoms with Crippen molar-refractivity contribution in [2.45, 2.75) is 118 Å². The van der Waals surface area contributed by atoms with Gasteiger partial charge in [0.05, 0.1) is 0 Å². The number of halogens is 2. The minimum absolute atomic E-state index is 0.0703. The molecule has 0 aromatic heterocycles. The van der Waals surface area contributed by atoms with Gasteiger partial charge in [-0.05, 0) is 105 Å². The summed E-state index contributed by atoms with van der Waals surface area (Å²) in [6.45, 7) is 27.4. The monoisotopic (exact) mass is 814 g/mol. The second-order valence-electron chi connectivity index (χ2n) is 15.2. The van der Waals surface area contributed by atoms with Crippen LogP contribution in [-0.2, 0) is 21.7 Å². The molecule has 0 saturated carbocycles. The van der Waals surface area contributed by atoms with E-state index in [0.29, 0.717) is 0 Å². The van der Waals surface area contributed by atoms with Crippen LogP contribution < -0.4 is 42.4 Å². The second-order valence-corrected chi connectivity index (χ2v) is 21.3. The van der Waals surface area contributed by atoms with E-state index in [1.54, 1.807) is 0 Å². The molecular formula is C42H56I2+2. The fourth-order valence-electron chi connectivity index (χ4n) is 4.61. The van der Waals surface area contributed by atoms with Gasteiger partial charge in [-0.3, -0.25) is 0 Å². The van der Waals surface area contributed by atoms with E-state index in [4.69, 9.17) is 0 Å². The van der Waals surface area contributed by atoms with Crippen molar-refractivity contribution in [3.63, 3.8) is 0 Å². The van der Waals surface area contributed by atoms with Crippen LogP contribution in [0.3, 0.4) is 0 Å². The number of hydrogen-bond donors (Lipinski definition) is 0. The number of rotatable bonds is 8. The highest BCUT2D eigenvalue weighted by molar-refractivity contribution is 5.25. The minimum Gasteiger partial charge on any atom is -0.0646 e. The predicted octanol–water partition coefficient (Wildman–Crippen LogP) is 5.60. The largest absolute Gasteiger partial charge is 0.357 e. The van der Waals surface area contributed by atoms with Gasteiger partial charge in [0.15, 0.2) is 14.3 Å². The molecule has 0 aliphatic heterocycles. The van der Waals surface area contributed by atoms with Crippen molar-refractivity contribution in [1.82, 2.24) is 0 Å². The fourth-order valence-corrected chi connectivity index (χ4v) is 8.93. The summed E-state index contributed by atoms with van der Waals surface area (Å²) in [4.78, 5) is 0. The van der Waals surface area contributed by atoms with E-state index in [1.165, 1.54) is 49.4 Å². The van der Waals surface area contributed by atoms with E-state index in [0.717, 1.165) is 0 Å². The maximum atomic E-state index is 2.34. The molecule has 44 heavy (non-hydrogen) atoms. The van der Waals surface area contributed by atoms with Gasteiger partial charge in [-0.25, -0.2) is 0 Å². The molecule has 0 spiro atoms. The molecule has 0 atom stereocenters. The van der Waals surface area contributed by atoms with Gasteiger partial charge in [0.25, 0.3) is 0 Å². The predicted molar refractivity (Wildman–Crippen MR) is 185 cm³/mol. The average Bonchev–Trinajstić information content (AvgIpc) is 2.98. The third-order valence-electron chi connectivity index (χ3n) is 8.88. The van der Waals surface area contributed by atoms with Crippen LogP contribution in [0.4, 0.5) is 0 Å². The summed E-state index contributed by atoms with van der Waals surface area (Å²) in [5.74, 6) is 0. The van der Waals surface area contributed by atoms with Crippen LogP contribution in [0.2, 0.25) is 0 Å². The molecule has 2 heteroatoms. The molecule has 0 fully saturated rings. The molecule has 4 aromatic rings. The highest BCUT2D eigenvalue weighted by Gasteiger charge is 2.23. The molecule has 0 unspecified atom stereocenters. The maximum Gasteiger partial charge on any atom is 0.357 e. The number of hydrogen-bond acceptors (Lipinski definition) is 0. The first-order chi connectivity index (χ1) is 20.4. The summed E-state index contributed by atoms with van der Waals surface area (Å²) in [7, 11) is 0. The van der Waals surface area contributed by atoms with Gasteiger partial charge >= 0.3 is 42.4 Å².